The first kappa shape index (κ1) is 14.5. The molecule has 0 unspecified atom stereocenters. The van der Waals surface area contributed by atoms with Gasteiger partial charge in [-0.05, 0) is 11.1 Å². The third-order valence-corrected chi connectivity index (χ3v) is 4.56. The van der Waals surface area contributed by atoms with E-state index in [0.29, 0.717) is 0 Å². The van der Waals surface area contributed by atoms with Crippen LogP contribution in [0.25, 0.3) is 21.6 Å². The molecular formula is C19H17NOS. The molecule has 0 aliphatic rings. The normalized spacial score (nSPS) is 10.5. The highest BCUT2D eigenvalue weighted by molar-refractivity contribution is 7.14. The maximum absolute atomic E-state index is 12.5. The SMILES string of the molecule is CN(C)C(=O)c1csc(-c2ccccc2)c1-c1ccccc1. The molecule has 22 heavy (non-hydrogen) atoms. The second kappa shape index (κ2) is 6.16. The second-order valence-electron chi connectivity index (χ2n) is 5.29. The van der Waals surface area contributed by atoms with Gasteiger partial charge in [0.25, 0.3) is 5.91 Å². The first-order chi connectivity index (χ1) is 10.7. The first-order valence-corrected chi connectivity index (χ1v) is 8.00. The van der Waals surface area contributed by atoms with Crippen molar-refractivity contribution in [2.75, 3.05) is 14.1 Å². The van der Waals surface area contributed by atoms with E-state index in [0.717, 1.165) is 27.1 Å². The predicted octanol–water partition coefficient (Wildman–Crippen LogP) is 4.78. The van der Waals surface area contributed by atoms with Gasteiger partial charge in [-0.15, -0.1) is 11.3 Å². The van der Waals surface area contributed by atoms with Crippen molar-refractivity contribution in [3.63, 3.8) is 0 Å². The molecule has 1 aromatic heterocycles. The van der Waals surface area contributed by atoms with Crippen molar-refractivity contribution in [3.8, 4) is 21.6 Å². The highest BCUT2D eigenvalue weighted by Crippen LogP contribution is 2.40. The Kier molecular flexibility index (Phi) is 4.07. The zero-order valence-electron chi connectivity index (χ0n) is 12.6. The molecule has 0 atom stereocenters. The fraction of sp³-hybridized carbons (Fsp3) is 0.105. The standard InChI is InChI=1S/C19H17NOS/c1-20(2)19(21)16-13-22-18(15-11-7-4-8-12-15)17(16)14-9-5-3-6-10-14/h3-13H,1-2H3. The smallest absolute Gasteiger partial charge is 0.254 e. The molecule has 1 heterocycles. The van der Waals surface area contributed by atoms with Gasteiger partial charge in [0.1, 0.15) is 0 Å². The Balaban J connectivity index is 2.22. The third-order valence-electron chi connectivity index (χ3n) is 3.53. The molecule has 0 N–H and O–H groups in total. The largest absolute Gasteiger partial charge is 0.345 e. The van der Waals surface area contributed by atoms with Gasteiger partial charge in [-0.2, -0.15) is 0 Å². The molecule has 0 bridgehead atoms. The van der Waals surface area contributed by atoms with Crippen LogP contribution in [0.1, 0.15) is 10.4 Å². The lowest BCUT2D eigenvalue weighted by Gasteiger charge is -2.12. The van der Waals surface area contributed by atoms with E-state index in [2.05, 4.69) is 24.3 Å². The van der Waals surface area contributed by atoms with E-state index < -0.39 is 0 Å². The minimum absolute atomic E-state index is 0.0392. The number of hydrogen-bond donors (Lipinski definition) is 0. The van der Waals surface area contributed by atoms with E-state index in [4.69, 9.17) is 0 Å². The highest BCUT2D eigenvalue weighted by Gasteiger charge is 2.21. The Hall–Kier alpha value is -2.39. The summed E-state index contributed by atoms with van der Waals surface area (Å²) < 4.78 is 0. The van der Waals surface area contributed by atoms with Crippen molar-refractivity contribution >= 4 is 17.2 Å². The topological polar surface area (TPSA) is 20.3 Å². The van der Waals surface area contributed by atoms with E-state index in [9.17, 15) is 4.79 Å². The molecule has 1 amide bonds. The van der Waals surface area contributed by atoms with E-state index in [-0.39, 0.29) is 5.91 Å². The van der Waals surface area contributed by atoms with Gasteiger partial charge in [0.2, 0.25) is 0 Å². The van der Waals surface area contributed by atoms with Gasteiger partial charge in [0.05, 0.1) is 5.56 Å². The summed E-state index contributed by atoms with van der Waals surface area (Å²) in [5, 5.41) is 1.97. The Morgan fingerprint density at radius 2 is 1.41 bits per heavy atom. The van der Waals surface area contributed by atoms with Crippen LogP contribution in [0.3, 0.4) is 0 Å². The summed E-state index contributed by atoms with van der Waals surface area (Å²) in [6, 6.07) is 20.3. The van der Waals surface area contributed by atoms with Crippen LogP contribution >= 0.6 is 11.3 Å². The van der Waals surface area contributed by atoms with Gasteiger partial charge >= 0.3 is 0 Å². The molecule has 2 nitrogen and oxygen atoms in total. The summed E-state index contributed by atoms with van der Waals surface area (Å²) in [6.07, 6.45) is 0. The molecule has 0 spiro atoms. The Labute approximate surface area is 134 Å². The summed E-state index contributed by atoms with van der Waals surface area (Å²) in [7, 11) is 3.58. The second-order valence-corrected chi connectivity index (χ2v) is 6.16. The summed E-state index contributed by atoms with van der Waals surface area (Å²) in [5.74, 6) is 0.0392. The van der Waals surface area contributed by atoms with E-state index in [1.54, 1.807) is 30.3 Å². The third kappa shape index (κ3) is 2.68. The minimum atomic E-state index is 0.0392. The number of nitrogens with zero attached hydrogens (tertiary/aromatic N) is 1. The van der Waals surface area contributed by atoms with E-state index in [1.807, 2.05) is 41.8 Å². The zero-order valence-corrected chi connectivity index (χ0v) is 13.4. The molecule has 2 aromatic carbocycles. The summed E-state index contributed by atoms with van der Waals surface area (Å²) >= 11 is 1.62. The number of carbonyl (C=O) groups excluding carboxylic acids is 1. The van der Waals surface area contributed by atoms with Crippen LogP contribution in [-0.2, 0) is 0 Å². The van der Waals surface area contributed by atoms with Gasteiger partial charge in [0.15, 0.2) is 0 Å². The van der Waals surface area contributed by atoms with Crippen molar-refractivity contribution in [2.45, 2.75) is 0 Å². The van der Waals surface area contributed by atoms with Crippen LogP contribution in [-0.4, -0.2) is 24.9 Å². The molecule has 110 valence electrons. The quantitative estimate of drug-likeness (QED) is 0.681. The Morgan fingerprint density at radius 3 is 1.95 bits per heavy atom. The number of hydrogen-bond acceptors (Lipinski definition) is 2. The molecule has 3 rings (SSSR count). The maximum Gasteiger partial charge on any atom is 0.254 e. The van der Waals surface area contributed by atoms with Crippen LogP contribution in [0.5, 0.6) is 0 Å². The fourth-order valence-electron chi connectivity index (χ4n) is 2.45. The van der Waals surface area contributed by atoms with Crippen molar-refractivity contribution < 1.29 is 4.79 Å². The lowest BCUT2D eigenvalue weighted by molar-refractivity contribution is 0.0829. The molecule has 0 aliphatic heterocycles. The minimum Gasteiger partial charge on any atom is -0.345 e. The van der Waals surface area contributed by atoms with Gasteiger partial charge < -0.3 is 4.90 Å². The summed E-state index contributed by atoms with van der Waals surface area (Å²) in [4.78, 5) is 15.3. The maximum atomic E-state index is 12.5. The number of amides is 1. The number of benzene rings is 2. The van der Waals surface area contributed by atoms with Crippen molar-refractivity contribution in [1.29, 1.82) is 0 Å². The van der Waals surface area contributed by atoms with Gasteiger partial charge in [-0.1, -0.05) is 60.7 Å². The van der Waals surface area contributed by atoms with Gasteiger partial charge in [-0.25, -0.2) is 0 Å². The molecule has 0 fully saturated rings. The predicted molar refractivity (Wildman–Crippen MR) is 93.2 cm³/mol. The van der Waals surface area contributed by atoms with Crippen LogP contribution in [0.15, 0.2) is 66.0 Å². The van der Waals surface area contributed by atoms with Crippen molar-refractivity contribution in [2.24, 2.45) is 0 Å². The lowest BCUT2D eigenvalue weighted by atomic mass is 9.98. The highest BCUT2D eigenvalue weighted by atomic mass is 32.1. The van der Waals surface area contributed by atoms with Crippen LogP contribution in [0.4, 0.5) is 0 Å². The van der Waals surface area contributed by atoms with Crippen molar-refractivity contribution in [3.05, 3.63) is 71.6 Å². The molecule has 3 aromatic rings. The molecule has 0 saturated heterocycles. The number of carbonyl (C=O) groups is 1. The molecule has 0 saturated carbocycles. The zero-order chi connectivity index (χ0) is 15.5. The number of thiophene rings is 1. The Morgan fingerprint density at radius 1 is 0.864 bits per heavy atom. The molecule has 0 aliphatic carbocycles. The Bertz CT molecular complexity index is 776. The average molecular weight is 307 g/mol. The van der Waals surface area contributed by atoms with Crippen LogP contribution < -0.4 is 0 Å². The average Bonchev–Trinajstić information content (AvgIpc) is 3.00. The van der Waals surface area contributed by atoms with E-state index >= 15 is 0 Å². The van der Waals surface area contributed by atoms with Crippen molar-refractivity contribution in [1.82, 2.24) is 4.90 Å². The lowest BCUT2D eigenvalue weighted by Crippen LogP contribution is -2.21. The van der Waals surface area contributed by atoms with Crippen LogP contribution in [0.2, 0.25) is 0 Å². The summed E-state index contributed by atoms with van der Waals surface area (Å²) in [5.41, 5.74) is 4.01. The number of rotatable bonds is 3. The monoisotopic (exact) mass is 307 g/mol. The molecule has 3 heteroatoms. The van der Waals surface area contributed by atoms with Gasteiger partial charge in [0, 0.05) is 29.9 Å². The molecule has 0 radical (unpaired) electrons. The van der Waals surface area contributed by atoms with Gasteiger partial charge in [-0.3, -0.25) is 4.79 Å². The first-order valence-electron chi connectivity index (χ1n) is 7.12. The van der Waals surface area contributed by atoms with Crippen LogP contribution in [0, 0.1) is 0 Å². The molecular weight excluding hydrogens is 290 g/mol. The summed E-state index contributed by atoms with van der Waals surface area (Å²) in [6.45, 7) is 0. The fourth-order valence-corrected chi connectivity index (χ4v) is 3.52. The van der Waals surface area contributed by atoms with E-state index in [1.165, 1.54) is 0 Å².